The van der Waals surface area contributed by atoms with Crippen molar-refractivity contribution in [2.75, 3.05) is 60.9 Å². The molecule has 0 bridgehead atoms. The lowest BCUT2D eigenvalue weighted by molar-refractivity contribution is -0.138. The van der Waals surface area contributed by atoms with E-state index >= 15 is 8.78 Å². The molecule has 0 unspecified atom stereocenters. The van der Waals surface area contributed by atoms with Gasteiger partial charge in [0.25, 0.3) is 12.3 Å². The number of carbonyl (C=O) groups is 4. The molecule has 8 rings (SSSR count). The van der Waals surface area contributed by atoms with E-state index in [0.29, 0.717) is 57.7 Å². The van der Waals surface area contributed by atoms with Crippen molar-refractivity contribution >= 4 is 40.8 Å². The lowest BCUT2D eigenvalue weighted by Gasteiger charge is -2.45. The number of rotatable bonds is 10. The molecular weight excluding hydrogens is 776 g/mol. The predicted octanol–water partition coefficient (Wildman–Crippen LogP) is 5.74. The molecule has 19 heteroatoms. The Bertz CT molecular complexity index is 2220. The number of imide groups is 1. The minimum absolute atomic E-state index is 0.00814. The van der Waals surface area contributed by atoms with E-state index in [-0.39, 0.29) is 65.8 Å². The zero-order valence-electron chi connectivity index (χ0n) is 32.5. The Morgan fingerprint density at radius 2 is 1.64 bits per heavy atom. The fraction of sp³-hybridized carbons (Fsp3) is 0.475. The van der Waals surface area contributed by atoms with Crippen molar-refractivity contribution in [1.29, 1.82) is 0 Å². The van der Waals surface area contributed by atoms with Gasteiger partial charge in [0.1, 0.15) is 12.0 Å². The molecule has 2 N–H and O–H groups in total. The van der Waals surface area contributed by atoms with E-state index < -0.39 is 47.3 Å². The van der Waals surface area contributed by atoms with Crippen molar-refractivity contribution in [3.8, 4) is 11.5 Å². The molecule has 1 saturated carbocycles. The summed E-state index contributed by atoms with van der Waals surface area (Å²) >= 11 is 0. The van der Waals surface area contributed by atoms with Crippen LogP contribution in [0.25, 0.3) is 11.5 Å². The van der Waals surface area contributed by atoms with Crippen LogP contribution in [0.4, 0.5) is 39.4 Å². The Balaban J connectivity index is 0.805. The number of anilines is 3. The van der Waals surface area contributed by atoms with E-state index in [1.54, 1.807) is 17.2 Å². The second-order valence-corrected chi connectivity index (χ2v) is 15.8. The maximum absolute atomic E-state index is 15.0. The van der Waals surface area contributed by atoms with Gasteiger partial charge in [-0.05, 0) is 55.9 Å². The highest BCUT2D eigenvalue weighted by Gasteiger charge is 2.39. The van der Waals surface area contributed by atoms with Crippen LogP contribution in [0.3, 0.4) is 0 Å². The number of benzene rings is 1. The molecule has 15 nitrogen and oxygen atoms in total. The van der Waals surface area contributed by atoms with Crippen molar-refractivity contribution in [3.05, 3.63) is 71.6 Å². The van der Waals surface area contributed by atoms with E-state index in [4.69, 9.17) is 4.42 Å². The smallest absolute Gasteiger partial charge is 0.328 e. The highest BCUT2D eigenvalue weighted by Crippen LogP contribution is 2.36. The molecule has 0 atom stereocenters. The summed E-state index contributed by atoms with van der Waals surface area (Å²) in [4.78, 5) is 65.4. The monoisotopic (exact) mass is 820 g/mol. The number of alkyl halides is 2. The molecular formula is C40H44F4N10O5. The van der Waals surface area contributed by atoms with Gasteiger partial charge in [-0.15, -0.1) is 0 Å². The summed E-state index contributed by atoms with van der Waals surface area (Å²) in [6.07, 6.45) is 4.31. The summed E-state index contributed by atoms with van der Waals surface area (Å²) < 4.78 is 65.4. The van der Waals surface area contributed by atoms with Crippen LogP contribution in [0, 0.1) is 17.6 Å². The van der Waals surface area contributed by atoms with Gasteiger partial charge < -0.3 is 19.5 Å². The van der Waals surface area contributed by atoms with Gasteiger partial charge in [0.15, 0.2) is 23.0 Å². The Kier molecular flexibility index (Phi) is 11.1. The van der Waals surface area contributed by atoms with Crippen LogP contribution in [-0.4, -0.2) is 105 Å². The molecule has 0 radical (unpaired) electrons. The molecule has 1 aliphatic carbocycles. The highest BCUT2D eigenvalue weighted by atomic mass is 19.3. The van der Waals surface area contributed by atoms with Crippen molar-refractivity contribution in [2.24, 2.45) is 5.92 Å². The normalized spacial score (nSPS) is 20.6. The van der Waals surface area contributed by atoms with Gasteiger partial charge in [0.05, 0.1) is 17.6 Å². The highest BCUT2D eigenvalue weighted by molar-refractivity contribution is 6.06. The third-order valence-corrected chi connectivity index (χ3v) is 11.7. The number of aromatic nitrogens is 4. The van der Waals surface area contributed by atoms with Crippen LogP contribution < -0.4 is 20.4 Å². The summed E-state index contributed by atoms with van der Waals surface area (Å²) in [5, 5.41) is 8.80. The molecule has 0 spiro atoms. The fourth-order valence-corrected chi connectivity index (χ4v) is 8.31. The Morgan fingerprint density at radius 3 is 2.31 bits per heavy atom. The molecule has 3 aromatic heterocycles. The van der Waals surface area contributed by atoms with Crippen LogP contribution in [0.5, 0.6) is 0 Å². The molecule has 4 fully saturated rings. The molecule has 5 amide bonds. The summed E-state index contributed by atoms with van der Waals surface area (Å²) in [7, 11) is 0. The third kappa shape index (κ3) is 8.24. The van der Waals surface area contributed by atoms with Gasteiger partial charge in [-0.3, -0.25) is 39.2 Å². The molecule has 1 aromatic carbocycles. The Labute approximate surface area is 336 Å². The second-order valence-electron chi connectivity index (χ2n) is 15.8. The average Bonchev–Trinajstić information content (AvgIpc) is 3.87. The number of nitrogens with zero attached hydrogens (tertiary/aromatic N) is 8. The van der Waals surface area contributed by atoms with Crippen LogP contribution in [0.15, 0.2) is 47.3 Å². The summed E-state index contributed by atoms with van der Waals surface area (Å²) in [6.45, 7) is 6.93. The van der Waals surface area contributed by atoms with Crippen molar-refractivity contribution in [1.82, 2.24) is 34.9 Å². The second kappa shape index (κ2) is 16.4. The maximum Gasteiger partial charge on any atom is 0.328 e. The van der Waals surface area contributed by atoms with Gasteiger partial charge in [-0.1, -0.05) is 13.8 Å². The summed E-state index contributed by atoms with van der Waals surface area (Å²) in [5.41, 5.74) is 0.565. The largest absolute Gasteiger partial charge is 0.444 e. The number of nitrogens with one attached hydrogen (secondary N) is 2. The topological polar surface area (TPSA) is 162 Å². The first-order valence-corrected chi connectivity index (χ1v) is 19.8. The Hall–Kier alpha value is -5.85. The number of amides is 5. The lowest BCUT2D eigenvalue weighted by Crippen LogP contribution is -2.59. The summed E-state index contributed by atoms with van der Waals surface area (Å²) in [5.74, 6) is -3.00. The van der Waals surface area contributed by atoms with Gasteiger partial charge in [-0.2, -0.15) is 5.10 Å². The van der Waals surface area contributed by atoms with Crippen LogP contribution in [-0.2, 0) is 9.59 Å². The third-order valence-electron chi connectivity index (χ3n) is 11.7. The number of hydrogen-bond acceptors (Lipinski definition) is 10. The lowest BCUT2D eigenvalue weighted by atomic mass is 9.89. The standard InChI is InChI=1S/C40H44F4N10O5/c1-22(2)30-15-23(7-9-45-30)38-47-32(21-59-38)37(56)46-31-20-54(49-34(31)36(43)44)26-5-3-25(4-6-26)50-11-13-51(14-12-50)39(57)24-18-52(19-24)27-16-28(41)35(29(42)17-27)53-10-8-33(55)48-40(53)58/h7,9,15-17,20-22,24-26,36H,3-6,8,10-14,18-19H2,1-2H3,(H,46,56)(H,48,55,58). The molecule has 6 heterocycles. The Morgan fingerprint density at radius 1 is 0.949 bits per heavy atom. The quantitative estimate of drug-likeness (QED) is 0.189. The number of hydrogen-bond donors (Lipinski definition) is 2. The molecule has 59 heavy (non-hydrogen) atoms. The molecule has 312 valence electrons. The predicted molar refractivity (Wildman–Crippen MR) is 206 cm³/mol. The van der Waals surface area contributed by atoms with Crippen molar-refractivity contribution in [2.45, 2.75) is 70.4 Å². The van der Waals surface area contributed by atoms with Crippen LogP contribution >= 0.6 is 0 Å². The zero-order chi connectivity index (χ0) is 41.5. The zero-order valence-corrected chi connectivity index (χ0v) is 32.5. The molecule has 3 aliphatic heterocycles. The van der Waals surface area contributed by atoms with Crippen molar-refractivity contribution < 1.29 is 41.2 Å². The number of urea groups is 1. The van der Waals surface area contributed by atoms with Gasteiger partial charge in [-0.25, -0.2) is 27.3 Å². The summed E-state index contributed by atoms with van der Waals surface area (Å²) in [6, 6.07) is 5.06. The molecule has 3 saturated heterocycles. The average molecular weight is 821 g/mol. The van der Waals surface area contributed by atoms with Crippen LogP contribution in [0.1, 0.15) is 86.2 Å². The SMILES string of the molecule is CC(C)c1cc(-c2nc(C(=O)Nc3cn(C4CCC(N5CCN(C(=O)C6CN(c7cc(F)c(N8CCC(=O)NC8=O)c(F)c7)C6)CC5)CC4)nc3C(F)F)co2)ccn1. The minimum atomic E-state index is -2.91. The van der Waals surface area contributed by atoms with E-state index in [1.807, 2.05) is 24.8 Å². The first-order chi connectivity index (χ1) is 28.3. The van der Waals surface area contributed by atoms with E-state index in [9.17, 15) is 28.0 Å². The first kappa shape index (κ1) is 40.0. The molecule has 4 aliphatic rings. The number of oxazole rings is 1. The number of pyridine rings is 1. The van der Waals surface area contributed by atoms with E-state index in [0.717, 1.165) is 35.6 Å². The fourth-order valence-electron chi connectivity index (χ4n) is 8.31. The van der Waals surface area contributed by atoms with Crippen molar-refractivity contribution in [3.63, 3.8) is 0 Å². The van der Waals surface area contributed by atoms with E-state index in [1.165, 1.54) is 17.1 Å². The maximum atomic E-state index is 15.0. The number of piperazine rings is 1. The van der Waals surface area contributed by atoms with Gasteiger partial charge >= 0.3 is 6.03 Å². The number of carbonyl (C=O) groups excluding carboxylic acids is 4. The number of halogens is 4. The minimum Gasteiger partial charge on any atom is -0.444 e. The van der Waals surface area contributed by atoms with Gasteiger partial charge in [0.2, 0.25) is 17.7 Å². The van der Waals surface area contributed by atoms with Crippen LogP contribution in [0.2, 0.25) is 0 Å². The van der Waals surface area contributed by atoms with Gasteiger partial charge in [0, 0.05) is 87.6 Å². The molecule has 4 aromatic rings. The van der Waals surface area contributed by atoms with E-state index in [2.05, 4.69) is 30.6 Å². The first-order valence-electron chi connectivity index (χ1n) is 19.8.